The van der Waals surface area contributed by atoms with E-state index in [4.69, 9.17) is 0 Å². The number of hydrogen-bond donors (Lipinski definition) is 2. The average molecular weight is 202 g/mol. The Hall–Kier alpha value is -0.380. The van der Waals surface area contributed by atoms with Crippen LogP contribution in [0.25, 0.3) is 0 Å². The summed E-state index contributed by atoms with van der Waals surface area (Å²) in [7, 11) is 0. The Morgan fingerprint density at radius 2 is 2.31 bits per heavy atom. The van der Waals surface area contributed by atoms with Crippen LogP contribution in [0.3, 0.4) is 0 Å². The molecule has 0 aromatic rings. The molecule has 1 atom stereocenters. The zero-order valence-corrected chi connectivity index (χ0v) is 9.12. The molecule has 1 fully saturated rings. The van der Waals surface area contributed by atoms with E-state index in [-0.39, 0.29) is 6.03 Å². The Balaban J connectivity index is 1.99. The van der Waals surface area contributed by atoms with Crippen molar-refractivity contribution in [2.75, 3.05) is 18.6 Å². The Morgan fingerprint density at radius 1 is 1.62 bits per heavy atom. The first-order valence-corrected chi connectivity index (χ1v) is 6.15. The van der Waals surface area contributed by atoms with Crippen molar-refractivity contribution in [1.82, 2.24) is 10.6 Å². The van der Waals surface area contributed by atoms with Crippen molar-refractivity contribution in [1.29, 1.82) is 0 Å². The minimum Gasteiger partial charge on any atom is -0.338 e. The van der Waals surface area contributed by atoms with E-state index < -0.39 is 0 Å². The number of urea groups is 1. The van der Waals surface area contributed by atoms with Crippen LogP contribution in [0.1, 0.15) is 19.8 Å². The molecule has 2 amide bonds. The zero-order chi connectivity index (χ0) is 9.68. The molecule has 0 aromatic carbocycles. The molecule has 4 heteroatoms. The van der Waals surface area contributed by atoms with Gasteiger partial charge in [0, 0.05) is 12.6 Å². The van der Waals surface area contributed by atoms with Crippen LogP contribution in [0, 0.1) is 5.92 Å². The zero-order valence-electron chi connectivity index (χ0n) is 8.30. The Labute approximate surface area is 84.0 Å². The maximum Gasteiger partial charge on any atom is 0.315 e. The molecule has 76 valence electrons. The molecule has 1 rings (SSSR count). The Bertz CT molecular complexity index is 171. The van der Waals surface area contributed by atoms with Crippen molar-refractivity contribution in [3.63, 3.8) is 0 Å². The van der Waals surface area contributed by atoms with E-state index in [1.165, 1.54) is 0 Å². The molecule has 0 aliphatic heterocycles. The number of rotatable bonds is 5. The van der Waals surface area contributed by atoms with Gasteiger partial charge in [-0.15, -0.1) is 0 Å². The number of nitrogens with one attached hydrogen (secondary N) is 2. The summed E-state index contributed by atoms with van der Waals surface area (Å²) in [5, 5.41) is 5.77. The first kappa shape index (κ1) is 10.7. The number of carbonyl (C=O) groups excluding carboxylic acids is 1. The SMILES string of the molecule is CSCC(C)CNC(=O)NC1CC1. The summed E-state index contributed by atoms with van der Waals surface area (Å²) in [5.74, 6) is 1.66. The first-order chi connectivity index (χ1) is 6.22. The predicted molar refractivity (Wildman–Crippen MR) is 57.1 cm³/mol. The van der Waals surface area contributed by atoms with Crippen LogP contribution in [-0.2, 0) is 0 Å². The molecule has 2 N–H and O–H groups in total. The summed E-state index contributed by atoms with van der Waals surface area (Å²) >= 11 is 1.82. The van der Waals surface area contributed by atoms with E-state index in [0.717, 1.165) is 25.1 Å². The number of amides is 2. The van der Waals surface area contributed by atoms with E-state index in [1.54, 1.807) is 0 Å². The molecular formula is C9H18N2OS. The van der Waals surface area contributed by atoms with Gasteiger partial charge in [-0.2, -0.15) is 11.8 Å². The van der Waals surface area contributed by atoms with Gasteiger partial charge >= 0.3 is 6.03 Å². The van der Waals surface area contributed by atoms with Crippen molar-refractivity contribution >= 4 is 17.8 Å². The summed E-state index contributed by atoms with van der Waals surface area (Å²) in [6.45, 7) is 2.92. The van der Waals surface area contributed by atoms with Crippen LogP contribution in [-0.4, -0.2) is 30.6 Å². The lowest BCUT2D eigenvalue weighted by Crippen LogP contribution is -2.39. The van der Waals surface area contributed by atoms with Gasteiger partial charge in [0.2, 0.25) is 0 Å². The van der Waals surface area contributed by atoms with Crippen LogP contribution in [0.15, 0.2) is 0 Å². The number of thioether (sulfide) groups is 1. The highest BCUT2D eigenvalue weighted by Gasteiger charge is 2.22. The van der Waals surface area contributed by atoms with Gasteiger partial charge in [-0.3, -0.25) is 0 Å². The molecule has 0 spiro atoms. The van der Waals surface area contributed by atoms with E-state index in [2.05, 4.69) is 23.8 Å². The average Bonchev–Trinajstić information content (AvgIpc) is 2.85. The largest absolute Gasteiger partial charge is 0.338 e. The summed E-state index contributed by atoms with van der Waals surface area (Å²) < 4.78 is 0. The molecule has 1 aliphatic carbocycles. The fourth-order valence-electron chi connectivity index (χ4n) is 1.07. The van der Waals surface area contributed by atoms with Gasteiger partial charge < -0.3 is 10.6 Å². The maximum absolute atomic E-state index is 11.2. The molecule has 0 radical (unpaired) electrons. The van der Waals surface area contributed by atoms with Gasteiger partial charge in [0.15, 0.2) is 0 Å². The van der Waals surface area contributed by atoms with Crippen molar-refractivity contribution in [2.24, 2.45) is 5.92 Å². The molecular weight excluding hydrogens is 184 g/mol. The number of carbonyl (C=O) groups is 1. The third kappa shape index (κ3) is 5.03. The second-order valence-electron chi connectivity index (χ2n) is 3.69. The second-order valence-corrected chi connectivity index (χ2v) is 4.60. The quantitative estimate of drug-likeness (QED) is 0.708. The fourth-order valence-corrected chi connectivity index (χ4v) is 1.76. The molecule has 0 aromatic heterocycles. The third-order valence-electron chi connectivity index (χ3n) is 1.97. The van der Waals surface area contributed by atoms with Gasteiger partial charge in [-0.25, -0.2) is 4.79 Å². The van der Waals surface area contributed by atoms with Gasteiger partial charge in [0.25, 0.3) is 0 Å². The van der Waals surface area contributed by atoms with Crippen LogP contribution in [0.2, 0.25) is 0 Å². The molecule has 1 aliphatic rings. The van der Waals surface area contributed by atoms with Crippen LogP contribution >= 0.6 is 11.8 Å². The van der Waals surface area contributed by atoms with Crippen molar-refractivity contribution < 1.29 is 4.79 Å². The van der Waals surface area contributed by atoms with Gasteiger partial charge in [0.05, 0.1) is 0 Å². The summed E-state index contributed by atoms with van der Waals surface area (Å²) in [6, 6.07) is 0.450. The third-order valence-corrected chi connectivity index (χ3v) is 2.88. The summed E-state index contributed by atoms with van der Waals surface area (Å²) in [5.41, 5.74) is 0. The normalized spacial score (nSPS) is 18.0. The molecule has 0 saturated heterocycles. The van der Waals surface area contributed by atoms with Crippen molar-refractivity contribution in [2.45, 2.75) is 25.8 Å². The van der Waals surface area contributed by atoms with Crippen LogP contribution in [0.4, 0.5) is 4.79 Å². The lowest BCUT2D eigenvalue weighted by atomic mass is 10.2. The molecule has 1 unspecified atom stereocenters. The van der Waals surface area contributed by atoms with Crippen molar-refractivity contribution in [3.8, 4) is 0 Å². The minimum atomic E-state index is -0.00421. The highest BCUT2D eigenvalue weighted by atomic mass is 32.2. The van der Waals surface area contributed by atoms with Crippen molar-refractivity contribution in [3.05, 3.63) is 0 Å². The first-order valence-electron chi connectivity index (χ1n) is 4.75. The number of hydrogen-bond acceptors (Lipinski definition) is 2. The standard InChI is InChI=1S/C9H18N2OS/c1-7(6-13-2)5-10-9(12)11-8-3-4-8/h7-8H,3-6H2,1-2H3,(H2,10,11,12). The predicted octanol–water partition coefficient (Wildman–Crippen LogP) is 1.45. The Kier molecular flexibility index (Phi) is 4.42. The highest BCUT2D eigenvalue weighted by Crippen LogP contribution is 2.18. The van der Waals surface area contributed by atoms with E-state index in [0.29, 0.717) is 12.0 Å². The van der Waals surface area contributed by atoms with Gasteiger partial charge in [0.1, 0.15) is 0 Å². The molecule has 0 bridgehead atoms. The Morgan fingerprint density at radius 3 is 2.85 bits per heavy atom. The van der Waals surface area contributed by atoms with Crippen LogP contribution in [0.5, 0.6) is 0 Å². The summed E-state index contributed by atoms with van der Waals surface area (Å²) in [4.78, 5) is 11.2. The van der Waals surface area contributed by atoms with Gasteiger partial charge in [-0.05, 0) is 30.8 Å². The lowest BCUT2D eigenvalue weighted by Gasteiger charge is -2.11. The van der Waals surface area contributed by atoms with E-state index in [1.807, 2.05) is 11.8 Å². The molecule has 13 heavy (non-hydrogen) atoms. The second kappa shape index (κ2) is 5.37. The summed E-state index contributed by atoms with van der Waals surface area (Å²) in [6.07, 6.45) is 4.38. The molecule has 1 saturated carbocycles. The van der Waals surface area contributed by atoms with E-state index >= 15 is 0 Å². The monoisotopic (exact) mass is 202 g/mol. The lowest BCUT2D eigenvalue weighted by molar-refractivity contribution is 0.239. The van der Waals surface area contributed by atoms with Gasteiger partial charge in [-0.1, -0.05) is 6.92 Å². The highest BCUT2D eigenvalue weighted by molar-refractivity contribution is 7.98. The van der Waals surface area contributed by atoms with E-state index in [9.17, 15) is 4.79 Å². The minimum absolute atomic E-state index is 0.00421. The maximum atomic E-state index is 11.2. The smallest absolute Gasteiger partial charge is 0.315 e. The molecule has 0 heterocycles. The van der Waals surface area contributed by atoms with Crippen LogP contribution < -0.4 is 10.6 Å². The topological polar surface area (TPSA) is 41.1 Å². The fraction of sp³-hybridized carbons (Fsp3) is 0.889. The molecule has 3 nitrogen and oxygen atoms in total.